The fraction of sp³-hybridized carbons (Fsp3) is 0.158. The highest BCUT2D eigenvalue weighted by molar-refractivity contribution is 5.95. The predicted octanol–water partition coefficient (Wildman–Crippen LogP) is 1.68. The summed E-state index contributed by atoms with van der Waals surface area (Å²) in [5, 5.41) is 1.98. The van der Waals surface area contributed by atoms with Crippen molar-refractivity contribution in [3.63, 3.8) is 0 Å². The molecule has 0 spiro atoms. The van der Waals surface area contributed by atoms with Gasteiger partial charge in [-0.3, -0.25) is 23.7 Å². The van der Waals surface area contributed by atoms with Crippen molar-refractivity contribution in [3.8, 4) is 0 Å². The van der Waals surface area contributed by atoms with Crippen LogP contribution in [0.1, 0.15) is 6.92 Å². The third kappa shape index (κ3) is 4.09. The maximum absolute atomic E-state index is 13.7. The van der Waals surface area contributed by atoms with E-state index in [0.29, 0.717) is 11.6 Å². The van der Waals surface area contributed by atoms with Gasteiger partial charge in [-0.1, -0.05) is 12.1 Å². The molecule has 3 rings (SSSR count). The molecule has 0 aliphatic rings. The lowest BCUT2D eigenvalue weighted by atomic mass is 10.2. The monoisotopic (exact) mass is 421 g/mol. The molecular weight excluding hydrogens is 407 g/mol. The number of benzene rings is 2. The van der Waals surface area contributed by atoms with Crippen LogP contribution < -0.4 is 16.4 Å². The van der Waals surface area contributed by atoms with E-state index in [0.717, 1.165) is 17.6 Å². The van der Waals surface area contributed by atoms with Gasteiger partial charge in [-0.05, 0) is 31.2 Å². The summed E-state index contributed by atoms with van der Waals surface area (Å²) in [6, 6.07) is 7.67. The van der Waals surface area contributed by atoms with Gasteiger partial charge in [0, 0.05) is 0 Å². The number of hydrogen-bond donors (Lipinski definition) is 2. The zero-order chi connectivity index (χ0) is 22.0. The number of halogens is 3. The molecule has 0 aliphatic heterocycles. The maximum atomic E-state index is 13.7. The molecule has 0 saturated heterocycles. The van der Waals surface area contributed by atoms with E-state index in [9.17, 15) is 32.3 Å². The highest BCUT2D eigenvalue weighted by Crippen LogP contribution is 2.20. The van der Waals surface area contributed by atoms with Gasteiger partial charge >= 0.3 is 17.1 Å². The Labute approximate surface area is 165 Å². The van der Waals surface area contributed by atoms with Crippen molar-refractivity contribution in [2.45, 2.75) is 19.6 Å². The Morgan fingerprint density at radius 1 is 1.10 bits per heavy atom. The number of H-pyrrole nitrogens is 1. The van der Waals surface area contributed by atoms with Crippen molar-refractivity contribution < 1.29 is 27.5 Å². The van der Waals surface area contributed by atoms with Crippen molar-refractivity contribution in [1.29, 1.82) is 0 Å². The summed E-state index contributed by atoms with van der Waals surface area (Å²) in [6.45, 7) is 0.490. The number of nitrogens with zero attached hydrogens (tertiary/aromatic N) is 1. The molecule has 1 atom stereocenters. The standard InChI is InChI=1S/C19H14F3N3O5/c1-9(17(27)24-12-7-6-10(20)15(21)16(12)22)30-14(26)8-25-13-5-3-2-4-11(13)23-18(28)19(25)29/h2-7,9H,8H2,1H3,(H,23,28)(H,24,27)/t9-/m0/s1. The van der Waals surface area contributed by atoms with Crippen molar-refractivity contribution in [2.75, 3.05) is 5.32 Å². The molecule has 1 aromatic heterocycles. The number of fused-ring (bicyclic) bond motifs is 1. The minimum Gasteiger partial charge on any atom is -0.451 e. The van der Waals surface area contributed by atoms with Gasteiger partial charge < -0.3 is 15.0 Å². The summed E-state index contributed by atoms with van der Waals surface area (Å²) in [6.07, 6.45) is -1.46. The molecule has 1 amide bonds. The van der Waals surface area contributed by atoms with Crippen molar-refractivity contribution in [2.24, 2.45) is 0 Å². The van der Waals surface area contributed by atoms with Crippen LogP contribution in [0.3, 0.4) is 0 Å². The molecule has 2 N–H and O–H groups in total. The molecule has 0 fully saturated rings. The van der Waals surface area contributed by atoms with E-state index in [-0.39, 0.29) is 5.52 Å². The Bertz CT molecular complexity index is 1270. The lowest BCUT2D eigenvalue weighted by molar-refractivity contribution is -0.153. The third-order valence-electron chi connectivity index (χ3n) is 4.14. The first kappa shape index (κ1) is 20.8. The number of ether oxygens (including phenoxy) is 1. The average molecular weight is 421 g/mol. The number of aromatic amines is 1. The van der Waals surface area contributed by atoms with Crippen LogP contribution in [0.15, 0.2) is 46.0 Å². The smallest absolute Gasteiger partial charge is 0.326 e. The molecule has 2 aromatic carbocycles. The number of esters is 1. The topological polar surface area (TPSA) is 110 Å². The molecule has 156 valence electrons. The number of nitrogens with one attached hydrogen (secondary N) is 2. The number of carbonyl (C=O) groups is 2. The minimum atomic E-state index is -1.77. The molecule has 0 bridgehead atoms. The lowest BCUT2D eigenvalue weighted by Crippen LogP contribution is -2.39. The van der Waals surface area contributed by atoms with Crippen LogP contribution in [-0.4, -0.2) is 27.5 Å². The highest BCUT2D eigenvalue weighted by Gasteiger charge is 2.22. The van der Waals surface area contributed by atoms with Gasteiger partial charge in [0.1, 0.15) is 6.54 Å². The van der Waals surface area contributed by atoms with E-state index < -0.39 is 58.8 Å². The third-order valence-corrected chi connectivity index (χ3v) is 4.14. The molecule has 0 saturated carbocycles. The molecule has 11 heteroatoms. The van der Waals surface area contributed by atoms with Gasteiger partial charge in [0.2, 0.25) is 0 Å². The lowest BCUT2D eigenvalue weighted by Gasteiger charge is -2.15. The second kappa shape index (κ2) is 8.23. The quantitative estimate of drug-likeness (QED) is 0.370. The van der Waals surface area contributed by atoms with Gasteiger partial charge in [-0.15, -0.1) is 0 Å². The van der Waals surface area contributed by atoms with Crippen molar-refractivity contribution >= 4 is 28.6 Å². The number of amides is 1. The zero-order valence-corrected chi connectivity index (χ0v) is 15.4. The Kier molecular flexibility index (Phi) is 5.72. The Balaban J connectivity index is 1.74. The van der Waals surface area contributed by atoms with Crippen molar-refractivity contribution in [3.05, 3.63) is 74.6 Å². The van der Waals surface area contributed by atoms with Gasteiger partial charge in [-0.2, -0.15) is 0 Å². The Hall–Kier alpha value is -3.89. The first-order chi connectivity index (χ1) is 14.2. The number of para-hydroxylation sites is 2. The molecular formula is C19H14F3N3O5. The second-order valence-electron chi connectivity index (χ2n) is 6.21. The first-order valence-electron chi connectivity index (χ1n) is 8.54. The van der Waals surface area contributed by atoms with Crippen LogP contribution in [-0.2, 0) is 20.9 Å². The summed E-state index contributed by atoms with van der Waals surface area (Å²) in [4.78, 5) is 50.5. The summed E-state index contributed by atoms with van der Waals surface area (Å²) >= 11 is 0. The molecule has 8 nitrogen and oxygen atoms in total. The van der Waals surface area contributed by atoms with Crippen LogP contribution in [0.2, 0.25) is 0 Å². The SMILES string of the molecule is C[C@H](OC(=O)Cn1c(=O)c(=O)[nH]c2ccccc21)C(=O)Nc1ccc(F)c(F)c1F. The summed E-state index contributed by atoms with van der Waals surface area (Å²) in [5.41, 5.74) is -2.00. The molecule has 0 unspecified atom stereocenters. The van der Waals surface area contributed by atoms with Gasteiger partial charge in [0.15, 0.2) is 23.6 Å². The van der Waals surface area contributed by atoms with Crippen LogP contribution in [0.25, 0.3) is 11.0 Å². The number of rotatable bonds is 5. The Morgan fingerprint density at radius 2 is 1.80 bits per heavy atom. The zero-order valence-electron chi connectivity index (χ0n) is 15.4. The summed E-state index contributed by atoms with van der Waals surface area (Å²) < 4.78 is 45.7. The average Bonchev–Trinajstić information content (AvgIpc) is 2.71. The molecule has 0 aliphatic carbocycles. The van der Waals surface area contributed by atoms with E-state index in [1.54, 1.807) is 12.1 Å². The van der Waals surface area contributed by atoms with Crippen LogP contribution in [0.4, 0.5) is 18.9 Å². The Morgan fingerprint density at radius 3 is 2.53 bits per heavy atom. The van der Waals surface area contributed by atoms with E-state index in [4.69, 9.17) is 4.74 Å². The van der Waals surface area contributed by atoms with Crippen molar-refractivity contribution in [1.82, 2.24) is 9.55 Å². The number of carbonyl (C=O) groups excluding carboxylic acids is 2. The van der Waals surface area contributed by atoms with Crippen LogP contribution >= 0.6 is 0 Å². The van der Waals surface area contributed by atoms with E-state index in [2.05, 4.69) is 4.98 Å². The normalized spacial score (nSPS) is 11.9. The predicted molar refractivity (Wildman–Crippen MR) is 99.3 cm³/mol. The highest BCUT2D eigenvalue weighted by atomic mass is 19.2. The van der Waals surface area contributed by atoms with Crippen LogP contribution in [0.5, 0.6) is 0 Å². The van der Waals surface area contributed by atoms with Crippen LogP contribution in [0, 0.1) is 17.5 Å². The van der Waals surface area contributed by atoms with Gasteiger partial charge in [0.05, 0.1) is 16.7 Å². The molecule has 0 radical (unpaired) electrons. The number of hydrogen-bond acceptors (Lipinski definition) is 5. The number of aromatic nitrogens is 2. The summed E-state index contributed by atoms with van der Waals surface area (Å²) in [5.74, 6) is -6.85. The summed E-state index contributed by atoms with van der Waals surface area (Å²) in [7, 11) is 0. The molecule has 3 aromatic rings. The fourth-order valence-corrected chi connectivity index (χ4v) is 2.65. The second-order valence-corrected chi connectivity index (χ2v) is 6.21. The van der Waals surface area contributed by atoms with E-state index >= 15 is 0 Å². The largest absolute Gasteiger partial charge is 0.451 e. The molecule has 1 heterocycles. The van der Waals surface area contributed by atoms with E-state index in [1.807, 2.05) is 5.32 Å². The van der Waals surface area contributed by atoms with Gasteiger partial charge in [-0.25, -0.2) is 13.2 Å². The first-order valence-corrected chi connectivity index (χ1v) is 8.54. The number of anilines is 1. The maximum Gasteiger partial charge on any atom is 0.326 e. The van der Waals surface area contributed by atoms with E-state index in [1.165, 1.54) is 12.1 Å². The molecule has 30 heavy (non-hydrogen) atoms. The minimum absolute atomic E-state index is 0.264. The fourth-order valence-electron chi connectivity index (χ4n) is 2.65. The van der Waals surface area contributed by atoms with Gasteiger partial charge in [0.25, 0.3) is 5.91 Å².